The summed E-state index contributed by atoms with van der Waals surface area (Å²) >= 11 is 0. The van der Waals surface area contributed by atoms with Crippen LogP contribution in [0, 0.1) is 17.2 Å². The van der Waals surface area contributed by atoms with Crippen molar-refractivity contribution in [3.05, 3.63) is 35.6 Å². The molecule has 2 fully saturated rings. The van der Waals surface area contributed by atoms with Gasteiger partial charge in [-0.05, 0) is 55.5 Å². The first-order valence-corrected chi connectivity index (χ1v) is 8.17. The number of rotatable bonds is 4. The first kappa shape index (κ1) is 15.5. The minimum absolute atomic E-state index is 0.192. The van der Waals surface area contributed by atoms with E-state index in [1.54, 1.807) is 12.1 Å². The quantitative estimate of drug-likeness (QED) is 0.898. The molecule has 1 aliphatic heterocycles. The highest BCUT2D eigenvalue weighted by Crippen LogP contribution is 2.58. The Bertz CT molecular complexity index is 547. The highest BCUT2D eigenvalue weighted by molar-refractivity contribution is 5.82. The average molecular weight is 304 g/mol. The van der Waals surface area contributed by atoms with E-state index in [-0.39, 0.29) is 28.5 Å². The molecule has 1 atom stereocenters. The van der Waals surface area contributed by atoms with Gasteiger partial charge in [-0.15, -0.1) is 0 Å². The number of hydrogen-bond acceptors (Lipinski definition) is 2. The van der Waals surface area contributed by atoms with Crippen LogP contribution in [-0.2, 0) is 10.2 Å². The van der Waals surface area contributed by atoms with Crippen LogP contribution < -0.4 is 10.6 Å². The summed E-state index contributed by atoms with van der Waals surface area (Å²) in [6, 6.07) is 6.55. The van der Waals surface area contributed by atoms with Crippen molar-refractivity contribution in [2.45, 2.75) is 38.5 Å². The molecule has 1 heterocycles. The lowest BCUT2D eigenvalue weighted by atomic mass is 9.84. The zero-order chi connectivity index (χ0) is 15.8. The predicted molar refractivity (Wildman–Crippen MR) is 85.1 cm³/mol. The molecule has 22 heavy (non-hydrogen) atoms. The number of benzene rings is 1. The lowest BCUT2D eigenvalue weighted by Crippen LogP contribution is -2.39. The fourth-order valence-corrected chi connectivity index (χ4v) is 3.63. The Morgan fingerprint density at radius 1 is 1.32 bits per heavy atom. The average Bonchev–Trinajstić information content (AvgIpc) is 3.19. The van der Waals surface area contributed by atoms with Crippen molar-refractivity contribution in [3.63, 3.8) is 0 Å². The second-order valence-electron chi connectivity index (χ2n) is 7.48. The Balaban J connectivity index is 1.55. The van der Waals surface area contributed by atoms with Crippen molar-refractivity contribution in [2.75, 3.05) is 19.6 Å². The van der Waals surface area contributed by atoms with Gasteiger partial charge in [0, 0.05) is 17.9 Å². The van der Waals surface area contributed by atoms with Gasteiger partial charge in [-0.3, -0.25) is 4.79 Å². The summed E-state index contributed by atoms with van der Waals surface area (Å²) in [6.45, 7) is 6.80. The van der Waals surface area contributed by atoms with Gasteiger partial charge in [0.15, 0.2) is 0 Å². The summed E-state index contributed by atoms with van der Waals surface area (Å²) in [5.74, 6) is 0.158. The van der Waals surface area contributed by atoms with Crippen LogP contribution in [0.1, 0.15) is 38.7 Å². The lowest BCUT2D eigenvalue weighted by Gasteiger charge is -2.27. The molecule has 1 aromatic carbocycles. The van der Waals surface area contributed by atoms with Gasteiger partial charge in [-0.2, -0.15) is 0 Å². The second-order valence-corrected chi connectivity index (χ2v) is 7.48. The fraction of sp³-hybridized carbons (Fsp3) is 0.611. The van der Waals surface area contributed by atoms with Crippen molar-refractivity contribution in [1.82, 2.24) is 10.6 Å². The molecule has 0 aromatic heterocycles. The third-order valence-electron chi connectivity index (χ3n) is 5.44. The molecule has 4 heteroatoms. The smallest absolute Gasteiger partial charge is 0.223 e. The molecule has 0 bridgehead atoms. The molecular weight excluding hydrogens is 279 g/mol. The minimum atomic E-state index is -0.227. The third kappa shape index (κ3) is 3.02. The molecule has 1 saturated heterocycles. The molecule has 1 saturated carbocycles. The Hall–Kier alpha value is -1.42. The van der Waals surface area contributed by atoms with Gasteiger partial charge in [0.05, 0.1) is 0 Å². The lowest BCUT2D eigenvalue weighted by molar-refractivity contribution is -0.123. The maximum atomic E-state index is 13.0. The van der Waals surface area contributed by atoms with Gasteiger partial charge in [0.1, 0.15) is 5.82 Å². The van der Waals surface area contributed by atoms with E-state index < -0.39 is 0 Å². The first-order valence-electron chi connectivity index (χ1n) is 8.17. The fourth-order valence-electron chi connectivity index (χ4n) is 3.63. The van der Waals surface area contributed by atoms with E-state index in [4.69, 9.17) is 0 Å². The van der Waals surface area contributed by atoms with Crippen LogP contribution in [0.5, 0.6) is 0 Å². The van der Waals surface area contributed by atoms with Gasteiger partial charge < -0.3 is 10.6 Å². The highest BCUT2D eigenvalue weighted by atomic mass is 19.1. The zero-order valence-corrected chi connectivity index (χ0v) is 13.4. The van der Waals surface area contributed by atoms with Crippen molar-refractivity contribution in [3.8, 4) is 0 Å². The summed E-state index contributed by atoms with van der Waals surface area (Å²) in [5, 5.41) is 6.48. The molecule has 0 radical (unpaired) electrons. The van der Waals surface area contributed by atoms with Crippen molar-refractivity contribution in [2.24, 2.45) is 11.3 Å². The number of hydrogen-bond donors (Lipinski definition) is 2. The van der Waals surface area contributed by atoms with Crippen molar-refractivity contribution in [1.29, 1.82) is 0 Å². The SMILES string of the molecule is CC(C)(CNC(=O)C1CC12CCNCC2)c1ccc(F)cc1. The van der Waals surface area contributed by atoms with Crippen LogP contribution in [0.3, 0.4) is 0 Å². The van der Waals surface area contributed by atoms with Crippen LogP contribution in [0.15, 0.2) is 24.3 Å². The number of carbonyl (C=O) groups is 1. The van der Waals surface area contributed by atoms with Crippen LogP contribution in [0.2, 0.25) is 0 Å². The minimum Gasteiger partial charge on any atom is -0.355 e. The Morgan fingerprint density at radius 3 is 2.59 bits per heavy atom. The van der Waals surface area contributed by atoms with E-state index in [1.807, 2.05) is 0 Å². The molecule has 120 valence electrons. The number of piperidine rings is 1. The molecular formula is C18H25FN2O. The molecule has 2 N–H and O–H groups in total. The largest absolute Gasteiger partial charge is 0.355 e. The van der Waals surface area contributed by atoms with Gasteiger partial charge in [0.25, 0.3) is 0 Å². The van der Waals surface area contributed by atoms with Crippen LogP contribution in [0.25, 0.3) is 0 Å². The molecule has 1 amide bonds. The van der Waals surface area contributed by atoms with Crippen LogP contribution in [0.4, 0.5) is 4.39 Å². The van der Waals surface area contributed by atoms with Gasteiger partial charge in [-0.1, -0.05) is 26.0 Å². The number of nitrogens with one attached hydrogen (secondary N) is 2. The predicted octanol–water partition coefficient (Wildman–Crippen LogP) is 2.61. The molecule has 1 aliphatic carbocycles. The van der Waals surface area contributed by atoms with E-state index in [1.165, 1.54) is 12.1 Å². The zero-order valence-electron chi connectivity index (χ0n) is 13.4. The van der Waals surface area contributed by atoms with Crippen LogP contribution >= 0.6 is 0 Å². The monoisotopic (exact) mass is 304 g/mol. The molecule has 2 aliphatic rings. The normalized spacial score (nSPS) is 23.3. The van der Waals surface area contributed by atoms with E-state index in [2.05, 4.69) is 24.5 Å². The van der Waals surface area contributed by atoms with E-state index in [0.29, 0.717) is 6.54 Å². The molecule has 3 rings (SSSR count). The van der Waals surface area contributed by atoms with Crippen molar-refractivity contribution >= 4 is 5.91 Å². The topological polar surface area (TPSA) is 41.1 Å². The summed E-state index contributed by atoms with van der Waals surface area (Å²) in [7, 11) is 0. The summed E-state index contributed by atoms with van der Waals surface area (Å²) < 4.78 is 13.0. The van der Waals surface area contributed by atoms with Gasteiger partial charge >= 0.3 is 0 Å². The summed E-state index contributed by atoms with van der Waals surface area (Å²) in [6.07, 6.45) is 3.27. The summed E-state index contributed by atoms with van der Waals surface area (Å²) in [4.78, 5) is 12.4. The van der Waals surface area contributed by atoms with E-state index >= 15 is 0 Å². The Labute approximate surface area is 131 Å². The van der Waals surface area contributed by atoms with Crippen molar-refractivity contribution < 1.29 is 9.18 Å². The van der Waals surface area contributed by atoms with Crippen LogP contribution in [-0.4, -0.2) is 25.5 Å². The standard InChI is InChI=1S/C18H25FN2O/c1-17(2,13-3-5-14(19)6-4-13)12-21-16(22)15-11-18(15)7-9-20-10-8-18/h3-6,15,20H,7-12H2,1-2H3,(H,21,22). The first-order chi connectivity index (χ1) is 10.4. The molecule has 3 nitrogen and oxygen atoms in total. The molecule has 1 aromatic rings. The van der Waals surface area contributed by atoms with Gasteiger partial charge in [0.2, 0.25) is 5.91 Å². The number of halogens is 1. The Morgan fingerprint density at radius 2 is 1.95 bits per heavy atom. The number of carbonyl (C=O) groups excluding carboxylic acids is 1. The van der Waals surface area contributed by atoms with Gasteiger partial charge in [-0.25, -0.2) is 4.39 Å². The maximum Gasteiger partial charge on any atom is 0.223 e. The highest BCUT2D eigenvalue weighted by Gasteiger charge is 2.57. The van der Waals surface area contributed by atoms with E-state index in [9.17, 15) is 9.18 Å². The van der Waals surface area contributed by atoms with E-state index in [0.717, 1.165) is 37.9 Å². The number of amides is 1. The molecule has 1 spiro atoms. The maximum absolute atomic E-state index is 13.0. The third-order valence-corrected chi connectivity index (χ3v) is 5.44. The molecule has 1 unspecified atom stereocenters. The Kier molecular flexibility index (Phi) is 3.98. The second kappa shape index (κ2) is 5.65. The summed E-state index contributed by atoms with van der Waals surface area (Å²) in [5.41, 5.74) is 1.12.